The molecule has 0 saturated carbocycles. The highest BCUT2D eigenvalue weighted by Gasteiger charge is 2.17. The number of aromatic nitrogens is 2. The molecular weight excluding hydrogens is 440 g/mol. The molecule has 0 atom stereocenters. The third kappa shape index (κ3) is 4.36. The first-order chi connectivity index (χ1) is 17.0. The van der Waals surface area contributed by atoms with Crippen LogP contribution in [0.3, 0.4) is 0 Å². The fourth-order valence-corrected chi connectivity index (χ4v) is 4.48. The van der Waals surface area contributed by atoms with Crippen LogP contribution in [0.25, 0.3) is 33.1 Å². The Morgan fingerprint density at radius 2 is 1.63 bits per heavy atom. The van der Waals surface area contributed by atoms with Crippen molar-refractivity contribution in [1.82, 2.24) is 20.4 Å². The summed E-state index contributed by atoms with van der Waals surface area (Å²) in [7, 11) is 3.53. The minimum absolute atomic E-state index is 0.223. The third-order valence-corrected chi connectivity index (χ3v) is 6.25. The third-order valence-electron chi connectivity index (χ3n) is 6.25. The van der Waals surface area contributed by atoms with Crippen LogP contribution >= 0.6 is 0 Å². The van der Waals surface area contributed by atoms with Crippen molar-refractivity contribution < 1.29 is 14.3 Å². The van der Waals surface area contributed by atoms with Crippen molar-refractivity contribution in [1.29, 1.82) is 0 Å². The van der Waals surface area contributed by atoms with Crippen LogP contribution in [-0.2, 0) is 18.3 Å². The fourth-order valence-electron chi connectivity index (χ4n) is 4.48. The van der Waals surface area contributed by atoms with Crippen LogP contribution in [0.2, 0.25) is 0 Å². The van der Waals surface area contributed by atoms with Crippen LogP contribution in [0.4, 0.5) is 0 Å². The molecule has 35 heavy (non-hydrogen) atoms. The monoisotopic (exact) mass is 466 g/mol. The molecule has 0 bridgehead atoms. The van der Waals surface area contributed by atoms with E-state index in [9.17, 15) is 9.59 Å². The topological polar surface area (TPSA) is 88.2 Å². The number of methoxy groups -OCH3 is 1. The molecule has 0 unspecified atom stereocenters. The zero-order chi connectivity index (χ0) is 24.4. The van der Waals surface area contributed by atoms with Crippen LogP contribution in [-0.4, -0.2) is 28.5 Å². The largest absolute Gasteiger partial charge is 0.497 e. The van der Waals surface area contributed by atoms with Crippen molar-refractivity contribution in [2.45, 2.75) is 12.8 Å². The summed E-state index contributed by atoms with van der Waals surface area (Å²) in [5.41, 5.74) is 10.6. The summed E-state index contributed by atoms with van der Waals surface area (Å²) < 4.78 is 7.17. The van der Waals surface area contributed by atoms with E-state index in [4.69, 9.17) is 4.74 Å². The van der Waals surface area contributed by atoms with Crippen molar-refractivity contribution in [3.8, 4) is 17.0 Å². The lowest BCUT2D eigenvalue weighted by atomic mass is 10.0. The Morgan fingerprint density at radius 1 is 0.914 bits per heavy atom. The van der Waals surface area contributed by atoms with Gasteiger partial charge < -0.3 is 14.3 Å². The lowest BCUT2D eigenvalue weighted by Gasteiger charge is -2.09. The molecule has 0 aliphatic carbocycles. The summed E-state index contributed by atoms with van der Waals surface area (Å²) in [6.07, 6.45) is 2.50. The van der Waals surface area contributed by atoms with Crippen molar-refractivity contribution >= 4 is 33.6 Å². The number of carbonyl (C=O) groups is 2. The summed E-state index contributed by atoms with van der Waals surface area (Å²) in [6, 6.07) is 23.5. The van der Waals surface area contributed by atoms with Crippen LogP contribution in [0.15, 0.2) is 79.0 Å². The Bertz CT molecular complexity index is 1530. The summed E-state index contributed by atoms with van der Waals surface area (Å²) >= 11 is 0. The van der Waals surface area contributed by atoms with E-state index < -0.39 is 0 Å². The van der Waals surface area contributed by atoms with Crippen molar-refractivity contribution in [3.05, 3.63) is 90.1 Å². The van der Waals surface area contributed by atoms with Gasteiger partial charge in [0.15, 0.2) is 0 Å². The second kappa shape index (κ2) is 9.38. The van der Waals surface area contributed by atoms with Crippen molar-refractivity contribution in [2.24, 2.45) is 7.05 Å². The highest BCUT2D eigenvalue weighted by atomic mass is 16.5. The van der Waals surface area contributed by atoms with Gasteiger partial charge in [0.05, 0.1) is 12.7 Å². The number of benzene rings is 3. The maximum Gasteiger partial charge on any atom is 0.271 e. The number of nitrogens with zero attached hydrogens (tertiary/aromatic N) is 1. The SMILES string of the molecule is COc1ccc(-c2[nH]c3ccccc3c2CCC(=O)NNC(=O)c2cn(C)c3ccccc23)cc1. The van der Waals surface area contributed by atoms with Crippen LogP contribution in [0, 0.1) is 0 Å². The quantitative estimate of drug-likeness (QED) is 0.316. The molecule has 2 amide bonds. The van der Waals surface area contributed by atoms with Crippen molar-refractivity contribution in [2.75, 3.05) is 7.11 Å². The predicted octanol–water partition coefficient (Wildman–Crippen LogP) is 4.73. The summed E-state index contributed by atoms with van der Waals surface area (Å²) in [5.74, 6) is 0.179. The van der Waals surface area contributed by atoms with Gasteiger partial charge in [-0.15, -0.1) is 0 Å². The minimum Gasteiger partial charge on any atom is -0.497 e. The fraction of sp³-hybridized carbons (Fsp3) is 0.143. The smallest absolute Gasteiger partial charge is 0.271 e. The number of aromatic amines is 1. The van der Waals surface area contributed by atoms with Gasteiger partial charge in [-0.25, -0.2) is 0 Å². The molecule has 2 heterocycles. The minimum atomic E-state index is -0.346. The normalized spacial score (nSPS) is 11.0. The Morgan fingerprint density at radius 3 is 2.40 bits per heavy atom. The van der Waals surface area contributed by atoms with E-state index in [1.165, 1.54) is 0 Å². The first-order valence-electron chi connectivity index (χ1n) is 11.4. The molecule has 0 fully saturated rings. The number of hydrogen-bond acceptors (Lipinski definition) is 3. The molecular formula is C28H26N4O3. The summed E-state index contributed by atoms with van der Waals surface area (Å²) in [4.78, 5) is 28.9. The number of amides is 2. The van der Waals surface area contributed by atoms with Crippen molar-refractivity contribution in [3.63, 3.8) is 0 Å². The van der Waals surface area contributed by atoms with Crippen LogP contribution in [0.5, 0.6) is 5.75 Å². The maximum absolute atomic E-state index is 12.7. The molecule has 0 saturated heterocycles. The number of fused-ring (bicyclic) bond motifs is 2. The van der Waals surface area contributed by atoms with E-state index in [-0.39, 0.29) is 18.2 Å². The molecule has 176 valence electrons. The van der Waals surface area contributed by atoms with Gasteiger partial charge in [-0.1, -0.05) is 36.4 Å². The first-order valence-corrected chi connectivity index (χ1v) is 11.4. The van der Waals surface area contributed by atoms with Gasteiger partial charge >= 0.3 is 0 Å². The molecule has 0 radical (unpaired) electrons. The van der Waals surface area contributed by atoms with Crippen LogP contribution < -0.4 is 15.6 Å². The number of para-hydroxylation sites is 2. The average Bonchev–Trinajstić information content (AvgIpc) is 3.44. The molecule has 0 aliphatic rings. The Labute approximate surface area is 202 Å². The first kappa shape index (κ1) is 22.3. The molecule has 3 N–H and O–H groups in total. The summed E-state index contributed by atoms with van der Waals surface area (Å²) in [5, 5.41) is 1.91. The van der Waals surface area contributed by atoms with Gasteiger partial charge in [-0.05, 0) is 53.9 Å². The molecule has 5 aromatic rings. The van der Waals surface area contributed by atoms with Gasteiger partial charge in [0.25, 0.3) is 5.91 Å². The number of carbonyl (C=O) groups excluding carboxylic acids is 2. The highest BCUT2D eigenvalue weighted by Crippen LogP contribution is 2.32. The lowest BCUT2D eigenvalue weighted by Crippen LogP contribution is -2.41. The second-order valence-corrected chi connectivity index (χ2v) is 8.43. The Kier molecular flexibility index (Phi) is 5.97. The molecule has 0 spiro atoms. The van der Waals surface area contributed by atoms with Gasteiger partial charge in [-0.2, -0.15) is 0 Å². The van der Waals surface area contributed by atoms with Crippen LogP contribution in [0.1, 0.15) is 22.3 Å². The van der Waals surface area contributed by atoms with Gasteiger partial charge in [-0.3, -0.25) is 20.4 Å². The average molecular weight is 467 g/mol. The van der Waals surface area contributed by atoms with Gasteiger partial charge in [0.2, 0.25) is 5.91 Å². The highest BCUT2D eigenvalue weighted by molar-refractivity contribution is 6.07. The standard InChI is InChI=1S/C28H26N4O3/c1-32-17-23(21-8-4-6-10-25(21)32)28(34)31-30-26(33)16-15-22-20-7-3-5-9-24(20)29-27(22)18-11-13-19(35-2)14-12-18/h3-14,17,29H,15-16H2,1-2H3,(H,30,33)(H,31,34). The number of hydrogen-bond donors (Lipinski definition) is 3. The Hall–Kier alpha value is -4.52. The van der Waals surface area contributed by atoms with E-state index in [1.54, 1.807) is 13.3 Å². The summed E-state index contributed by atoms with van der Waals surface area (Å²) in [6.45, 7) is 0. The van der Waals surface area contributed by atoms with E-state index in [1.807, 2.05) is 84.4 Å². The molecule has 7 heteroatoms. The molecule has 7 nitrogen and oxygen atoms in total. The molecule has 2 aromatic heterocycles. The molecule has 0 aliphatic heterocycles. The number of H-pyrrole nitrogens is 1. The number of hydrazine groups is 1. The zero-order valence-corrected chi connectivity index (χ0v) is 19.6. The van der Waals surface area contributed by atoms with E-state index in [2.05, 4.69) is 15.8 Å². The van der Waals surface area contributed by atoms with E-state index >= 15 is 0 Å². The maximum atomic E-state index is 12.7. The zero-order valence-electron chi connectivity index (χ0n) is 19.6. The Balaban J connectivity index is 1.30. The van der Waals surface area contributed by atoms with Gasteiger partial charge in [0, 0.05) is 47.2 Å². The van der Waals surface area contributed by atoms with E-state index in [0.717, 1.165) is 44.4 Å². The predicted molar refractivity (Wildman–Crippen MR) is 137 cm³/mol. The lowest BCUT2D eigenvalue weighted by molar-refractivity contribution is -0.121. The molecule has 3 aromatic carbocycles. The second-order valence-electron chi connectivity index (χ2n) is 8.43. The molecule has 5 rings (SSSR count). The number of ether oxygens (including phenoxy) is 1. The number of nitrogens with one attached hydrogen (secondary N) is 3. The number of aryl methyl sites for hydroxylation is 2. The van der Waals surface area contributed by atoms with Gasteiger partial charge in [0.1, 0.15) is 5.75 Å². The van der Waals surface area contributed by atoms with E-state index in [0.29, 0.717) is 12.0 Å². The number of rotatable bonds is 6.